The Kier molecular flexibility index (Phi) is 5.78. The lowest BCUT2D eigenvalue weighted by molar-refractivity contribution is -0.119. The second-order valence-corrected chi connectivity index (χ2v) is 5.84. The van der Waals surface area contributed by atoms with Crippen molar-refractivity contribution in [3.63, 3.8) is 0 Å². The Hall–Kier alpha value is -2.78. The van der Waals surface area contributed by atoms with Crippen LogP contribution in [-0.2, 0) is 4.79 Å². The molecule has 0 heterocycles. The first-order chi connectivity index (χ1) is 11.1. The summed E-state index contributed by atoms with van der Waals surface area (Å²) < 4.78 is 0. The molecule has 0 aromatic heterocycles. The Labute approximate surface area is 138 Å². The number of hydrogen-bond acceptors (Lipinski definition) is 4. The van der Waals surface area contributed by atoms with Gasteiger partial charge >= 0.3 is 0 Å². The zero-order valence-electron chi connectivity index (χ0n) is 12.5. The van der Waals surface area contributed by atoms with Crippen molar-refractivity contribution >= 4 is 23.6 Å². The summed E-state index contributed by atoms with van der Waals surface area (Å²) in [6.45, 7) is 2.00. The third-order valence-corrected chi connectivity index (χ3v) is 3.99. The van der Waals surface area contributed by atoms with Gasteiger partial charge in [-0.25, -0.2) is 0 Å². The summed E-state index contributed by atoms with van der Waals surface area (Å²) in [6, 6.07) is 16.0. The first-order valence-corrected chi connectivity index (χ1v) is 7.86. The van der Waals surface area contributed by atoms with E-state index in [0.29, 0.717) is 11.1 Å². The van der Waals surface area contributed by atoms with Crippen LogP contribution in [0, 0.1) is 18.3 Å². The molecule has 2 N–H and O–H groups in total. The molecule has 0 atom stereocenters. The third kappa shape index (κ3) is 5.16. The van der Waals surface area contributed by atoms with Gasteiger partial charge in [-0.15, -0.1) is 11.8 Å². The predicted octanol–water partition coefficient (Wildman–Crippen LogP) is 2.42. The van der Waals surface area contributed by atoms with Crippen LogP contribution in [0.3, 0.4) is 0 Å². The van der Waals surface area contributed by atoms with E-state index in [4.69, 9.17) is 5.26 Å². The Bertz CT molecular complexity index is 734. The van der Waals surface area contributed by atoms with Crippen molar-refractivity contribution in [2.45, 2.75) is 11.8 Å². The van der Waals surface area contributed by atoms with E-state index in [1.54, 1.807) is 12.1 Å². The lowest BCUT2D eigenvalue weighted by Crippen LogP contribution is -2.42. The van der Waals surface area contributed by atoms with Gasteiger partial charge in [0.1, 0.15) is 0 Å². The van der Waals surface area contributed by atoms with E-state index >= 15 is 0 Å². The highest BCUT2D eigenvalue weighted by molar-refractivity contribution is 8.00. The molecule has 23 heavy (non-hydrogen) atoms. The highest BCUT2D eigenvalue weighted by atomic mass is 32.2. The molecule has 0 saturated carbocycles. The maximum atomic E-state index is 11.8. The number of rotatable bonds is 4. The van der Waals surface area contributed by atoms with E-state index < -0.39 is 5.91 Å². The summed E-state index contributed by atoms with van der Waals surface area (Å²) in [4.78, 5) is 24.6. The molecule has 0 radical (unpaired) electrons. The molecule has 0 bridgehead atoms. The number of nitrogens with one attached hydrogen (secondary N) is 2. The summed E-state index contributed by atoms with van der Waals surface area (Å²) in [5.41, 5.74) is 6.72. The molecule has 2 aromatic carbocycles. The van der Waals surface area contributed by atoms with Gasteiger partial charge < -0.3 is 0 Å². The largest absolute Gasteiger partial charge is 0.272 e. The number of carbonyl (C=O) groups is 2. The molecule has 0 aliphatic rings. The fraction of sp³-hybridized carbons (Fsp3) is 0.118. The summed E-state index contributed by atoms with van der Waals surface area (Å²) in [5, 5.41) is 8.70. The van der Waals surface area contributed by atoms with Crippen LogP contribution >= 0.6 is 11.8 Å². The minimum Gasteiger partial charge on any atom is -0.272 e. The molecule has 2 amide bonds. The third-order valence-electron chi connectivity index (χ3n) is 2.98. The van der Waals surface area contributed by atoms with Crippen molar-refractivity contribution in [3.8, 4) is 6.07 Å². The minimum absolute atomic E-state index is 0.205. The maximum absolute atomic E-state index is 11.8. The van der Waals surface area contributed by atoms with Crippen molar-refractivity contribution in [2.75, 3.05) is 5.75 Å². The average Bonchev–Trinajstić information content (AvgIpc) is 2.59. The van der Waals surface area contributed by atoms with Gasteiger partial charge in [0.05, 0.1) is 17.4 Å². The van der Waals surface area contributed by atoms with Crippen molar-refractivity contribution in [2.24, 2.45) is 0 Å². The van der Waals surface area contributed by atoms with Crippen LogP contribution in [0.5, 0.6) is 0 Å². The van der Waals surface area contributed by atoms with Gasteiger partial charge in [0.15, 0.2) is 0 Å². The standard InChI is InChI=1S/C17H15N3O2S/c1-12-2-8-15(9-3-12)23-11-16(21)19-20-17(22)14-6-4-13(10-18)5-7-14/h2-9H,11H2,1H3,(H,19,21)(H,20,22). The van der Waals surface area contributed by atoms with Crippen LogP contribution in [0.1, 0.15) is 21.5 Å². The van der Waals surface area contributed by atoms with Crippen LogP contribution in [0.15, 0.2) is 53.4 Å². The molecular weight excluding hydrogens is 310 g/mol. The van der Waals surface area contributed by atoms with Crippen LogP contribution in [0.25, 0.3) is 0 Å². The molecule has 0 aliphatic carbocycles. The number of benzene rings is 2. The van der Waals surface area contributed by atoms with E-state index in [9.17, 15) is 9.59 Å². The van der Waals surface area contributed by atoms with Gasteiger partial charge in [-0.05, 0) is 43.3 Å². The number of thioether (sulfide) groups is 1. The first kappa shape index (κ1) is 16.6. The Balaban J connectivity index is 1.78. The molecule has 0 fully saturated rings. The highest BCUT2D eigenvalue weighted by Gasteiger charge is 2.07. The monoisotopic (exact) mass is 325 g/mol. The SMILES string of the molecule is Cc1ccc(SCC(=O)NNC(=O)c2ccc(C#N)cc2)cc1. The van der Waals surface area contributed by atoms with Crippen molar-refractivity contribution in [3.05, 3.63) is 65.2 Å². The Morgan fingerprint density at radius 2 is 1.70 bits per heavy atom. The predicted molar refractivity (Wildman–Crippen MR) is 88.7 cm³/mol. The van der Waals surface area contributed by atoms with E-state index in [0.717, 1.165) is 10.5 Å². The number of hydrazine groups is 1. The first-order valence-electron chi connectivity index (χ1n) is 6.87. The molecule has 5 nitrogen and oxygen atoms in total. The fourth-order valence-corrected chi connectivity index (χ4v) is 2.41. The lowest BCUT2D eigenvalue weighted by atomic mass is 10.1. The van der Waals surface area contributed by atoms with Crippen molar-refractivity contribution in [1.82, 2.24) is 10.9 Å². The van der Waals surface area contributed by atoms with Crippen LogP contribution < -0.4 is 10.9 Å². The van der Waals surface area contributed by atoms with Crippen molar-refractivity contribution < 1.29 is 9.59 Å². The minimum atomic E-state index is -0.428. The number of nitrogens with zero attached hydrogens (tertiary/aromatic N) is 1. The average molecular weight is 325 g/mol. The van der Waals surface area contributed by atoms with Gasteiger partial charge in [-0.3, -0.25) is 20.4 Å². The van der Waals surface area contributed by atoms with Crippen LogP contribution in [0.4, 0.5) is 0 Å². The summed E-state index contributed by atoms with van der Waals surface area (Å²) >= 11 is 1.39. The molecule has 116 valence electrons. The fourth-order valence-electron chi connectivity index (χ4n) is 1.71. The highest BCUT2D eigenvalue weighted by Crippen LogP contribution is 2.17. The zero-order chi connectivity index (χ0) is 16.7. The van der Waals surface area contributed by atoms with E-state index in [-0.39, 0.29) is 11.7 Å². The number of nitriles is 1. The maximum Gasteiger partial charge on any atom is 0.269 e. The smallest absolute Gasteiger partial charge is 0.269 e. The Morgan fingerprint density at radius 1 is 1.04 bits per heavy atom. The van der Waals surface area contributed by atoms with Gasteiger partial charge in [0.25, 0.3) is 5.91 Å². The quantitative estimate of drug-likeness (QED) is 0.668. The summed E-state index contributed by atoms with van der Waals surface area (Å²) in [6.07, 6.45) is 0. The Morgan fingerprint density at radius 3 is 2.30 bits per heavy atom. The number of aryl methyl sites for hydroxylation is 1. The molecule has 6 heteroatoms. The molecule has 0 saturated heterocycles. The van der Waals surface area contributed by atoms with Crippen molar-refractivity contribution in [1.29, 1.82) is 5.26 Å². The number of hydrogen-bond donors (Lipinski definition) is 2. The summed E-state index contributed by atoms with van der Waals surface area (Å²) in [5.74, 6) is -0.516. The molecule has 0 unspecified atom stereocenters. The van der Waals surface area contributed by atoms with E-state index in [1.807, 2.05) is 37.3 Å². The molecule has 2 rings (SSSR count). The zero-order valence-corrected chi connectivity index (χ0v) is 13.3. The second-order valence-electron chi connectivity index (χ2n) is 4.79. The molecule has 2 aromatic rings. The molecule has 0 spiro atoms. The number of amides is 2. The van der Waals surface area contributed by atoms with Crippen LogP contribution in [0.2, 0.25) is 0 Å². The normalized spacial score (nSPS) is 9.74. The summed E-state index contributed by atoms with van der Waals surface area (Å²) in [7, 11) is 0. The second kappa shape index (κ2) is 8.01. The van der Waals surface area contributed by atoms with Gasteiger partial charge in [0, 0.05) is 10.5 Å². The van der Waals surface area contributed by atoms with Gasteiger partial charge in [-0.1, -0.05) is 17.7 Å². The lowest BCUT2D eigenvalue weighted by Gasteiger charge is -2.07. The topological polar surface area (TPSA) is 82.0 Å². The van der Waals surface area contributed by atoms with Crippen LogP contribution in [-0.4, -0.2) is 17.6 Å². The molecular formula is C17H15N3O2S. The number of carbonyl (C=O) groups excluding carboxylic acids is 2. The van der Waals surface area contributed by atoms with E-state index in [1.165, 1.54) is 23.9 Å². The van der Waals surface area contributed by atoms with E-state index in [2.05, 4.69) is 10.9 Å². The molecule has 0 aliphatic heterocycles. The van der Waals surface area contributed by atoms with Gasteiger partial charge in [0.2, 0.25) is 5.91 Å². The van der Waals surface area contributed by atoms with Gasteiger partial charge in [-0.2, -0.15) is 5.26 Å².